The number of hydrogen-bond donors (Lipinski definition) is 1. The molecule has 0 bridgehead atoms. The van der Waals surface area contributed by atoms with Gasteiger partial charge in [-0.05, 0) is 36.1 Å². The summed E-state index contributed by atoms with van der Waals surface area (Å²) in [6.07, 6.45) is 4.62. The Morgan fingerprint density at radius 3 is 2.18 bits per heavy atom. The first-order chi connectivity index (χ1) is 5.36. The van der Waals surface area contributed by atoms with Crippen LogP contribution in [0.2, 0.25) is 0 Å². The zero-order valence-electron chi connectivity index (χ0n) is 6.25. The normalized spacial score (nSPS) is 15.5. The molecule has 0 fully saturated rings. The Balaban J connectivity index is 2.32. The van der Waals surface area contributed by atoms with Crippen LogP contribution >= 0.6 is 0 Å². The van der Waals surface area contributed by atoms with Crippen LogP contribution in [0.5, 0.6) is 5.75 Å². The van der Waals surface area contributed by atoms with Gasteiger partial charge in [-0.1, -0.05) is 18.2 Å². The van der Waals surface area contributed by atoms with Crippen molar-refractivity contribution in [3.63, 3.8) is 0 Å². The van der Waals surface area contributed by atoms with Gasteiger partial charge in [0.25, 0.3) is 0 Å². The zero-order chi connectivity index (χ0) is 7.68. The summed E-state index contributed by atoms with van der Waals surface area (Å²) >= 11 is 0. The molecule has 1 aromatic carbocycles. The van der Waals surface area contributed by atoms with Gasteiger partial charge in [0.15, 0.2) is 0 Å². The van der Waals surface area contributed by atoms with Gasteiger partial charge >= 0.3 is 0 Å². The largest absolute Gasteiger partial charge is 0.508 e. The molecule has 0 atom stereocenters. The fourth-order valence-corrected chi connectivity index (χ4v) is 1.23. The molecule has 11 heavy (non-hydrogen) atoms. The van der Waals surface area contributed by atoms with Gasteiger partial charge in [0.2, 0.25) is 0 Å². The molecule has 0 aromatic heterocycles. The molecule has 0 unspecified atom stereocenters. The number of hydrogen-bond acceptors (Lipinski definition) is 1. The fourth-order valence-electron chi connectivity index (χ4n) is 1.23. The third-order valence-corrected chi connectivity index (χ3v) is 2.04. The van der Waals surface area contributed by atoms with E-state index < -0.39 is 0 Å². The lowest BCUT2D eigenvalue weighted by atomic mass is 9.92. The summed E-state index contributed by atoms with van der Waals surface area (Å²) in [4.78, 5) is 0. The molecular formula is C10H10O. The first-order valence-corrected chi connectivity index (χ1v) is 3.85. The summed E-state index contributed by atoms with van der Waals surface area (Å²) in [5.41, 5.74) is 2.65. The van der Waals surface area contributed by atoms with Crippen LogP contribution in [0.3, 0.4) is 0 Å². The molecule has 0 saturated heterocycles. The number of aromatic hydroxyl groups is 1. The van der Waals surface area contributed by atoms with Crippen molar-refractivity contribution in [1.82, 2.24) is 0 Å². The number of allylic oxidation sites excluding steroid dienone is 2. The second kappa shape index (κ2) is 2.42. The minimum absolute atomic E-state index is 0.341. The smallest absolute Gasteiger partial charge is 0.115 e. The quantitative estimate of drug-likeness (QED) is 0.645. The van der Waals surface area contributed by atoms with E-state index in [1.165, 1.54) is 24.0 Å². The SMILES string of the molecule is Oc1ccc(C2=CCC2)cc1. The number of phenols is 1. The summed E-state index contributed by atoms with van der Waals surface area (Å²) < 4.78 is 0. The van der Waals surface area contributed by atoms with Gasteiger partial charge < -0.3 is 5.11 Å². The molecule has 2 rings (SSSR count). The van der Waals surface area contributed by atoms with Crippen LogP contribution in [0.4, 0.5) is 0 Å². The van der Waals surface area contributed by atoms with Crippen LogP contribution in [0.15, 0.2) is 30.3 Å². The Morgan fingerprint density at radius 2 is 1.73 bits per heavy atom. The average Bonchev–Trinajstić information content (AvgIpc) is 1.90. The Kier molecular flexibility index (Phi) is 1.42. The lowest BCUT2D eigenvalue weighted by molar-refractivity contribution is 0.475. The number of benzene rings is 1. The molecule has 1 nitrogen and oxygen atoms in total. The van der Waals surface area contributed by atoms with Crippen molar-refractivity contribution in [2.75, 3.05) is 0 Å². The molecule has 1 heteroatoms. The van der Waals surface area contributed by atoms with Gasteiger partial charge in [-0.2, -0.15) is 0 Å². The lowest BCUT2D eigenvalue weighted by Gasteiger charge is -2.13. The molecule has 0 amide bonds. The summed E-state index contributed by atoms with van der Waals surface area (Å²) in [5.74, 6) is 0.341. The van der Waals surface area contributed by atoms with Crippen LogP contribution in [-0.2, 0) is 0 Å². The van der Waals surface area contributed by atoms with Crippen molar-refractivity contribution >= 4 is 5.57 Å². The zero-order valence-corrected chi connectivity index (χ0v) is 6.25. The van der Waals surface area contributed by atoms with Gasteiger partial charge in [0.1, 0.15) is 5.75 Å². The summed E-state index contributed by atoms with van der Waals surface area (Å²) in [5, 5.41) is 9.01. The lowest BCUT2D eigenvalue weighted by Crippen LogP contribution is -1.91. The minimum atomic E-state index is 0.341. The van der Waals surface area contributed by atoms with Crippen molar-refractivity contribution in [3.05, 3.63) is 35.9 Å². The summed E-state index contributed by atoms with van der Waals surface area (Å²) in [6.45, 7) is 0. The van der Waals surface area contributed by atoms with E-state index in [1.54, 1.807) is 12.1 Å². The van der Waals surface area contributed by atoms with Crippen LogP contribution in [0.1, 0.15) is 18.4 Å². The molecule has 0 saturated carbocycles. The number of rotatable bonds is 1. The van der Waals surface area contributed by atoms with Gasteiger partial charge in [-0.25, -0.2) is 0 Å². The highest BCUT2D eigenvalue weighted by Crippen LogP contribution is 2.29. The maximum Gasteiger partial charge on any atom is 0.115 e. The molecule has 1 aromatic rings. The molecule has 56 valence electrons. The van der Waals surface area contributed by atoms with Crippen molar-refractivity contribution in [2.45, 2.75) is 12.8 Å². The minimum Gasteiger partial charge on any atom is -0.508 e. The van der Waals surface area contributed by atoms with Crippen molar-refractivity contribution < 1.29 is 5.11 Å². The third-order valence-electron chi connectivity index (χ3n) is 2.04. The fraction of sp³-hybridized carbons (Fsp3) is 0.200. The van der Waals surface area contributed by atoms with E-state index >= 15 is 0 Å². The van der Waals surface area contributed by atoms with E-state index in [0.717, 1.165) is 0 Å². The standard InChI is InChI=1S/C10H10O/c11-10-6-4-9(5-7-10)8-2-1-3-8/h2,4-7,11H,1,3H2. The first kappa shape index (κ1) is 6.47. The maximum absolute atomic E-state index is 9.01. The molecule has 0 heterocycles. The molecule has 1 N–H and O–H groups in total. The van der Waals surface area contributed by atoms with Gasteiger partial charge in [0, 0.05) is 0 Å². The van der Waals surface area contributed by atoms with E-state index in [0.29, 0.717) is 5.75 Å². The Labute approximate surface area is 66.0 Å². The second-order valence-electron chi connectivity index (χ2n) is 2.81. The molecule has 0 aliphatic heterocycles. The van der Waals surface area contributed by atoms with Crippen LogP contribution < -0.4 is 0 Å². The third kappa shape index (κ3) is 1.14. The van der Waals surface area contributed by atoms with E-state index in [9.17, 15) is 0 Å². The van der Waals surface area contributed by atoms with Gasteiger partial charge in [-0.15, -0.1) is 0 Å². The predicted molar refractivity (Wildman–Crippen MR) is 45.3 cm³/mol. The summed E-state index contributed by atoms with van der Waals surface area (Å²) in [7, 11) is 0. The molecule has 1 aliphatic carbocycles. The second-order valence-corrected chi connectivity index (χ2v) is 2.81. The summed E-state index contributed by atoms with van der Waals surface area (Å²) in [6, 6.07) is 7.38. The van der Waals surface area contributed by atoms with E-state index in [4.69, 9.17) is 5.11 Å². The topological polar surface area (TPSA) is 20.2 Å². The van der Waals surface area contributed by atoms with Crippen LogP contribution in [0, 0.1) is 0 Å². The predicted octanol–water partition coefficient (Wildman–Crippen LogP) is 2.57. The maximum atomic E-state index is 9.01. The molecule has 0 radical (unpaired) electrons. The highest BCUT2D eigenvalue weighted by Gasteiger charge is 2.06. The Hall–Kier alpha value is -1.24. The van der Waals surface area contributed by atoms with Crippen molar-refractivity contribution in [3.8, 4) is 5.75 Å². The number of phenolic OH excluding ortho intramolecular Hbond substituents is 1. The van der Waals surface area contributed by atoms with Gasteiger partial charge in [-0.3, -0.25) is 0 Å². The van der Waals surface area contributed by atoms with Gasteiger partial charge in [0.05, 0.1) is 0 Å². The van der Waals surface area contributed by atoms with Crippen LogP contribution in [0.25, 0.3) is 5.57 Å². The Bertz CT molecular complexity index is 282. The van der Waals surface area contributed by atoms with Crippen LogP contribution in [-0.4, -0.2) is 5.11 Å². The molecular weight excluding hydrogens is 136 g/mol. The first-order valence-electron chi connectivity index (χ1n) is 3.85. The van der Waals surface area contributed by atoms with E-state index in [1.807, 2.05) is 12.1 Å². The van der Waals surface area contributed by atoms with Crippen molar-refractivity contribution in [2.24, 2.45) is 0 Å². The van der Waals surface area contributed by atoms with Crippen molar-refractivity contribution in [1.29, 1.82) is 0 Å². The molecule has 1 aliphatic rings. The highest BCUT2D eigenvalue weighted by molar-refractivity contribution is 5.70. The molecule has 0 spiro atoms. The van der Waals surface area contributed by atoms with E-state index in [-0.39, 0.29) is 0 Å². The monoisotopic (exact) mass is 146 g/mol. The van der Waals surface area contributed by atoms with E-state index in [2.05, 4.69) is 6.08 Å². The average molecular weight is 146 g/mol. The Morgan fingerprint density at radius 1 is 1.09 bits per heavy atom. The highest BCUT2D eigenvalue weighted by atomic mass is 16.3.